The minimum absolute atomic E-state index is 0.0808. The van der Waals surface area contributed by atoms with Crippen molar-refractivity contribution < 1.29 is 14.3 Å². The molecule has 0 bridgehead atoms. The fourth-order valence-corrected chi connectivity index (χ4v) is 1.55. The second kappa shape index (κ2) is 6.62. The lowest BCUT2D eigenvalue weighted by molar-refractivity contribution is -0.145. The van der Waals surface area contributed by atoms with Crippen molar-refractivity contribution in [1.82, 2.24) is 5.32 Å². The maximum atomic E-state index is 11.8. The van der Waals surface area contributed by atoms with Gasteiger partial charge in [-0.15, -0.1) is 0 Å². The van der Waals surface area contributed by atoms with Gasteiger partial charge in [0.1, 0.15) is 6.04 Å². The molecule has 1 unspecified atom stereocenters. The normalized spacial score (nSPS) is 13.4. The molecule has 0 aliphatic carbocycles. The molecule has 0 aromatic heterocycles. The van der Waals surface area contributed by atoms with Gasteiger partial charge in [-0.1, -0.05) is 34.6 Å². The molecule has 1 atom stereocenters. The number of carbonyl (C=O) groups is 2. The summed E-state index contributed by atoms with van der Waals surface area (Å²) in [5, 5.41) is 2.74. The van der Waals surface area contributed by atoms with Crippen LogP contribution < -0.4 is 5.32 Å². The lowest BCUT2D eigenvalue weighted by atomic mass is 9.91. The highest BCUT2D eigenvalue weighted by atomic mass is 16.5. The third kappa shape index (κ3) is 7.77. The monoisotopic (exact) mass is 243 g/mol. The number of hydrogen-bond acceptors (Lipinski definition) is 3. The topological polar surface area (TPSA) is 55.4 Å². The minimum atomic E-state index is -0.533. The standard InChI is InChI=1S/C13H25NO3/c1-9(2)7-10(12(16)17-6)14-11(15)8-13(3,4)5/h9-10H,7-8H2,1-6H3,(H,14,15). The van der Waals surface area contributed by atoms with Gasteiger partial charge in [0.2, 0.25) is 5.91 Å². The van der Waals surface area contributed by atoms with E-state index in [-0.39, 0.29) is 17.3 Å². The summed E-state index contributed by atoms with van der Waals surface area (Å²) in [6, 6.07) is -0.533. The minimum Gasteiger partial charge on any atom is -0.467 e. The molecule has 0 aromatic carbocycles. The molecule has 0 spiro atoms. The molecule has 0 radical (unpaired) electrons. The van der Waals surface area contributed by atoms with Gasteiger partial charge in [0.25, 0.3) is 0 Å². The molecule has 4 heteroatoms. The third-order valence-electron chi connectivity index (χ3n) is 2.22. The number of carbonyl (C=O) groups excluding carboxylic acids is 2. The van der Waals surface area contributed by atoms with Gasteiger partial charge in [0.15, 0.2) is 0 Å². The summed E-state index contributed by atoms with van der Waals surface area (Å²) in [6.45, 7) is 9.98. The molecule has 0 fully saturated rings. The van der Waals surface area contributed by atoms with Gasteiger partial charge in [0.05, 0.1) is 7.11 Å². The smallest absolute Gasteiger partial charge is 0.328 e. The molecule has 1 N–H and O–H groups in total. The van der Waals surface area contributed by atoms with E-state index in [9.17, 15) is 9.59 Å². The predicted octanol–water partition coefficient (Wildman–Crippen LogP) is 2.13. The van der Waals surface area contributed by atoms with E-state index in [2.05, 4.69) is 5.32 Å². The van der Waals surface area contributed by atoms with Crippen molar-refractivity contribution in [2.45, 2.75) is 53.5 Å². The highest BCUT2D eigenvalue weighted by molar-refractivity contribution is 5.84. The zero-order chi connectivity index (χ0) is 13.6. The Morgan fingerprint density at radius 2 is 1.76 bits per heavy atom. The van der Waals surface area contributed by atoms with Crippen molar-refractivity contribution in [3.63, 3.8) is 0 Å². The summed E-state index contributed by atoms with van der Waals surface area (Å²) in [5.74, 6) is -0.149. The summed E-state index contributed by atoms with van der Waals surface area (Å²) in [7, 11) is 1.34. The first-order valence-electron chi connectivity index (χ1n) is 6.03. The number of nitrogens with one attached hydrogen (secondary N) is 1. The van der Waals surface area contributed by atoms with Crippen molar-refractivity contribution in [2.24, 2.45) is 11.3 Å². The second-order valence-electron chi connectivity index (χ2n) is 6.01. The van der Waals surface area contributed by atoms with E-state index in [1.807, 2.05) is 34.6 Å². The molecule has 0 heterocycles. The number of amides is 1. The molecular formula is C13H25NO3. The van der Waals surface area contributed by atoms with Gasteiger partial charge in [-0.25, -0.2) is 4.79 Å². The predicted molar refractivity (Wildman–Crippen MR) is 67.5 cm³/mol. The van der Waals surface area contributed by atoms with Crippen LogP contribution in [0.4, 0.5) is 0 Å². The van der Waals surface area contributed by atoms with Crippen LogP contribution in [-0.2, 0) is 14.3 Å². The fourth-order valence-electron chi connectivity index (χ4n) is 1.55. The average Bonchev–Trinajstić information content (AvgIpc) is 2.11. The molecule has 1 amide bonds. The number of ether oxygens (including phenoxy) is 1. The van der Waals surface area contributed by atoms with Gasteiger partial charge < -0.3 is 10.1 Å². The maximum absolute atomic E-state index is 11.8. The fraction of sp³-hybridized carbons (Fsp3) is 0.846. The SMILES string of the molecule is COC(=O)C(CC(C)C)NC(=O)CC(C)(C)C. The van der Waals surface area contributed by atoms with E-state index >= 15 is 0 Å². The van der Waals surface area contributed by atoms with E-state index in [4.69, 9.17) is 4.74 Å². The first-order valence-corrected chi connectivity index (χ1v) is 6.03. The van der Waals surface area contributed by atoms with Gasteiger partial charge in [-0.05, 0) is 17.8 Å². The van der Waals surface area contributed by atoms with Crippen LogP contribution in [0.25, 0.3) is 0 Å². The first kappa shape index (κ1) is 15.9. The van der Waals surface area contributed by atoms with E-state index in [1.165, 1.54) is 7.11 Å². The Morgan fingerprint density at radius 3 is 2.12 bits per heavy atom. The lowest BCUT2D eigenvalue weighted by Crippen LogP contribution is -2.43. The number of rotatable bonds is 5. The Hall–Kier alpha value is -1.06. The zero-order valence-corrected chi connectivity index (χ0v) is 11.8. The molecular weight excluding hydrogens is 218 g/mol. The molecule has 4 nitrogen and oxygen atoms in total. The summed E-state index contributed by atoms with van der Waals surface area (Å²) in [4.78, 5) is 23.3. The molecule has 0 aliphatic rings. The van der Waals surface area contributed by atoms with Crippen LogP contribution in [0.15, 0.2) is 0 Å². The third-order valence-corrected chi connectivity index (χ3v) is 2.22. The number of esters is 1. The molecule has 0 rings (SSSR count). The van der Waals surface area contributed by atoms with Crippen molar-refractivity contribution in [2.75, 3.05) is 7.11 Å². The van der Waals surface area contributed by atoms with Gasteiger partial charge in [-0.3, -0.25) is 4.79 Å². The summed E-state index contributed by atoms with van der Waals surface area (Å²) in [6.07, 6.45) is 1.00. The van der Waals surface area contributed by atoms with E-state index < -0.39 is 6.04 Å². The van der Waals surface area contributed by atoms with Gasteiger partial charge in [0, 0.05) is 6.42 Å². The van der Waals surface area contributed by atoms with Crippen molar-refractivity contribution in [3.05, 3.63) is 0 Å². The Kier molecular flexibility index (Phi) is 6.21. The quantitative estimate of drug-likeness (QED) is 0.753. The highest BCUT2D eigenvalue weighted by Crippen LogP contribution is 2.18. The van der Waals surface area contributed by atoms with Gasteiger partial charge in [-0.2, -0.15) is 0 Å². The van der Waals surface area contributed by atoms with E-state index in [0.717, 1.165) is 0 Å². The average molecular weight is 243 g/mol. The van der Waals surface area contributed by atoms with Crippen LogP contribution in [0.1, 0.15) is 47.5 Å². The van der Waals surface area contributed by atoms with Crippen LogP contribution in [0.3, 0.4) is 0 Å². The summed E-state index contributed by atoms with van der Waals surface area (Å²) < 4.78 is 4.69. The van der Waals surface area contributed by atoms with Crippen LogP contribution in [0, 0.1) is 11.3 Å². The van der Waals surface area contributed by atoms with Gasteiger partial charge >= 0.3 is 5.97 Å². The van der Waals surface area contributed by atoms with Crippen molar-refractivity contribution >= 4 is 11.9 Å². The Balaban J connectivity index is 4.43. The van der Waals surface area contributed by atoms with Crippen LogP contribution in [0.5, 0.6) is 0 Å². The van der Waals surface area contributed by atoms with Crippen molar-refractivity contribution in [3.8, 4) is 0 Å². The molecule has 0 saturated heterocycles. The molecule has 0 saturated carbocycles. The van der Waals surface area contributed by atoms with E-state index in [0.29, 0.717) is 18.8 Å². The maximum Gasteiger partial charge on any atom is 0.328 e. The molecule has 0 aromatic rings. The van der Waals surface area contributed by atoms with Crippen LogP contribution >= 0.6 is 0 Å². The van der Waals surface area contributed by atoms with Crippen molar-refractivity contribution in [1.29, 1.82) is 0 Å². The first-order chi connectivity index (χ1) is 7.65. The highest BCUT2D eigenvalue weighted by Gasteiger charge is 2.24. The molecule has 100 valence electrons. The summed E-state index contributed by atoms with van der Waals surface area (Å²) >= 11 is 0. The summed E-state index contributed by atoms with van der Waals surface area (Å²) in [5.41, 5.74) is -0.0808. The number of methoxy groups -OCH3 is 1. The molecule has 0 aliphatic heterocycles. The second-order valence-corrected chi connectivity index (χ2v) is 6.01. The van der Waals surface area contributed by atoms with E-state index in [1.54, 1.807) is 0 Å². The largest absolute Gasteiger partial charge is 0.467 e. The Labute approximate surface area is 104 Å². The lowest BCUT2D eigenvalue weighted by Gasteiger charge is -2.22. The molecule has 17 heavy (non-hydrogen) atoms. The Morgan fingerprint density at radius 1 is 1.24 bits per heavy atom. The van der Waals surface area contributed by atoms with Crippen LogP contribution in [0.2, 0.25) is 0 Å². The number of hydrogen-bond donors (Lipinski definition) is 1. The Bertz CT molecular complexity index is 266. The zero-order valence-electron chi connectivity index (χ0n) is 11.8. The van der Waals surface area contributed by atoms with Crippen LogP contribution in [-0.4, -0.2) is 25.0 Å².